The molecule has 23 heavy (non-hydrogen) atoms. The van der Waals surface area contributed by atoms with Gasteiger partial charge in [-0.2, -0.15) is 0 Å². The Bertz CT molecular complexity index is 745. The molecule has 120 valence electrons. The maximum absolute atomic E-state index is 10.8. The van der Waals surface area contributed by atoms with Gasteiger partial charge in [-0.1, -0.05) is 72.8 Å². The average molecular weight is 328 g/mol. The smallest absolute Gasteiger partial charge is 0.0870 e. The minimum atomic E-state index is -0.519. The van der Waals surface area contributed by atoms with Gasteiger partial charge in [-0.3, -0.25) is 0 Å². The first-order chi connectivity index (χ1) is 10.8. The number of hydrogen-bond acceptors (Lipinski definition) is 2. The second-order valence-electron chi connectivity index (χ2n) is 5.63. The highest BCUT2D eigenvalue weighted by molar-refractivity contribution is 5.85. The predicted octanol–water partition coefficient (Wildman–Crippen LogP) is 4.30. The lowest BCUT2D eigenvalue weighted by Gasteiger charge is -2.24. The van der Waals surface area contributed by atoms with Crippen LogP contribution in [0.2, 0.25) is 0 Å². The molecular weight excluding hydrogens is 306 g/mol. The monoisotopic (exact) mass is 327 g/mol. The van der Waals surface area contributed by atoms with Crippen LogP contribution in [0.4, 0.5) is 0 Å². The van der Waals surface area contributed by atoms with E-state index in [-0.39, 0.29) is 18.3 Å². The second-order valence-corrected chi connectivity index (χ2v) is 5.63. The fourth-order valence-corrected chi connectivity index (χ4v) is 2.95. The third-order valence-electron chi connectivity index (χ3n) is 4.15. The van der Waals surface area contributed by atoms with Crippen molar-refractivity contribution in [2.45, 2.75) is 12.0 Å². The number of rotatable bonds is 5. The van der Waals surface area contributed by atoms with Crippen molar-refractivity contribution >= 4 is 23.2 Å². The number of hydrogen-bond donors (Lipinski definition) is 2. The fraction of sp³-hybridized carbons (Fsp3) is 0.200. The van der Waals surface area contributed by atoms with Crippen molar-refractivity contribution in [3.8, 4) is 0 Å². The Kier molecular flexibility index (Phi) is 6.17. The zero-order chi connectivity index (χ0) is 15.4. The zero-order valence-electron chi connectivity index (χ0n) is 13.1. The maximum Gasteiger partial charge on any atom is 0.0870 e. The second kappa shape index (κ2) is 8.11. The van der Waals surface area contributed by atoms with Crippen molar-refractivity contribution in [1.82, 2.24) is 5.32 Å². The molecule has 3 aromatic rings. The van der Waals surface area contributed by atoms with Crippen LogP contribution >= 0.6 is 12.4 Å². The van der Waals surface area contributed by atoms with Crippen molar-refractivity contribution in [3.63, 3.8) is 0 Å². The van der Waals surface area contributed by atoms with E-state index >= 15 is 0 Å². The predicted molar refractivity (Wildman–Crippen MR) is 99.3 cm³/mol. The van der Waals surface area contributed by atoms with Gasteiger partial charge in [0.2, 0.25) is 0 Å². The Morgan fingerprint density at radius 2 is 1.48 bits per heavy atom. The van der Waals surface area contributed by atoms with Gasteiger partial charge in [0.25, 0.3) is 0 Å². The molecular formula is C20H22ClNO. The van der Waals surface area contributed by atoms with E-state index in [9.17, 15) is 5.11 Å². The highest BCUT2D eigenvalue weighted by Crippen LogP contribution is 2.32. The van der Waals surface area contributed by atoms with E-state index in [0.29, 0.717) is 0 Å². The number of aliphatic hydroxyl groups excluding tert-OH is 1. The maximum atomic E-state index is 10.8. The molecule has 0 spiro atoms. The van der Waals surface area contributed by atoms with Gasteiger partial charge in [-0.05, 0) is 28.9 Å². The summed E-state index contributed by atoms with van der Waals surface area (Å²) in [4.78, 5) is 0. The van der Waals surface area contributed by atoms with Gasteiger partial charge in [-0.25, -0.2) is 0 Å². The topological polar surface area (TPSA) is 32.3 Å². The summed E-state index contributed by atoms with van der Waals surface area (Å²) in [7, 11) is 1.92. The van der Waals surface area contributed by atoms with E-state index in [1.807, 2.05) is 49.5 Å². The van der Waals surface area contributed by atoms with E-state index in [0.717, 1.165) is 17.7 Å². The molecule has 0 saturated heterocycles. The van der Waals surface area contributed by atoms with E-state index in [4.69, 9.17) is 0 Å². The lowest BCUT2D eigenvalue weighted by molar-refractivity contribution is 0.144. The summed E-state index contributed by atoms with van der Waals surface area (Å²) < 4.78 is 0. The summed E-state index contributed by atoms with van der Waals surface area (Å²) in [5, 5.41) is 16.4. The van der Waals surface area contributed by atoms with E-state index in [1.54, 1.807) is 0 Å². The largest absolute Gasteiger partial charge is 0.388 e. The highest BCUT2D eigenvalue weighted by Gasteiger charge is 2.22. The summed E-state index contributed by atoms with van der Waals surface area (Å²) in [6, 6.07) is 24.6. The van der Waals surface area contributed by atoms with Gasteiger partial charge in [-0.15, -0.1) is 12.4 Å². The number of likely N-dealkylation sites (N-methyl/N-ethyl adjacent to an activating group) is 1. The van der Waals surface area contributed by atoms with Crippen LogP contribution in [-0.4, -0.2) is 18.7 Å². The van der Waals surface area contributed by atoms with Crippen molar-refractivity contribution in [2.24, 2.45) is 0 Å². The minimum absolute atomic E-state index is 0. The summed E-state index contributed by atoms with van der Waals surface area (Å²) in [5.41, 5.74) is 2.11. The van der Waals surface area contributed by atoms with Gasteiger partial charge < -0.3 is 10.4 Å². The molecule has 2 atom stereocenters. The molecule has 0 aliphatic heterocycles. The van der Waals surface area contributed by atoms with Gasteiger partial charge in [0, 0.05) is 12.5 Å². The summed E-state index contributed by atoms with van der Waals surface area (Å²) in [5.74, 6) is 0.0250. The molecule has 0 aromatic heterocycles. The van der Waals surface area contributed by atoms with Crippen LogP contribution in [0.15, 0.2) is 72.8 Å². The van der Waals surface area contributed by atoms with Gasteiger partial charge >= 0.3 is 0 Å². The van der Waals surface area contributed by atoms with Gasteiger partial charge in [0.05, 0.1) is 6.10 Å². The van der Waals surface area contributed by atoms with Crippen molar-refractivity contribution in [1.29, 1.82) is 0 Å². The number of benzene rings is 3. The molecule has 3 aromatic carbocycles. The lowest BCUT2D eigenvalue weighted by Crippen LogP contribution is -2.23. The van der Waals surface area contributed by atoms with E-state index in [1.165, 1.54) is 10.8 Å². The highest BCUT2D eigenvalue weighted by atomic mass is 35.5. The Hall–Kier alpha value is -1.87. The number of nitrogens with one attached hydrogen (secondary N) is 1. The Balaban J connectivity index is 0.00000192. The Morgan fingerprint density at radius 1 is 0.826 bits per heavy atom. The summed E-state index contributed by atoms with van der Waals surface area (Å²) >= 11 is 0. The minimum Gasteiger partial charge on any atom is -0.388 e. The molecule has 0 saturated carbocycles. The Labute approximate surface area is 143 Å². The number of halogens is 1. The molecule has 2 N–H and O–H groups in total. The van der Waals surface area contributed by atoms with Gasteiger partial charge in [0.1, 0.15) is 0 Å². The first-order valence-corrected chi connectivity index (χ1v) is 7.66. The SMILES string of the molecule is CNC[C@H](c1ccc2ccccc2c1)[C@H](O)c1ccccc1.Cl. The number of fused-ring (bicyclic) bond motifs is 1. The molecule has 0 unspecified atom stereocenters. The first kappa shape index (κ1) is 17.5. The molecule has 0 amide bonds. The fourth-order valence-electron chi connectivity index (χ4n) is 2.95. The summed E-state index contributed by atoms with van der Waals surface area (Å²) in [6.45, 7) is 0.731. The van der Waals surface area contributed by atoms with Crippen LogP contribution < -0.4 is 5.32 Å². The van der Waals surface area contributed by atoms with Crippen molar-refractivity contribution < 1.29 is 5.11 Å². The third-order valence-corrected chi connectivity index (χ3v) is 4.15. The number of aliphatic hydroxyl groups is 1. The average Bonchev–Trinajstić information content (AvgIpc) is 2.59. The van der Waals surface area contributed by atoms with Crippen LogP contribution in [0.5, 0.6) is 0 Å². The molecule has 3 heteroatoms. The standard InChI is InChI=1S/C20H21NO.ClH/c1-21-14-19(20(22)16-8-3-2-4-9-16)18-12-11-15-7-5-6-10-17(15)13-18;/h2-13,19-22H,14H2,1H3;1H/t19-,20-;/m1./s1. The quantitative estimate of drug-likeness (QED) is 0.732. The first-order valence-electron chi connectivity index (χ1n) is 7.66. The Morgan fingerprint density at radius 3 is 2.17 bits per heavy atom. The molecule has 0 aliphatic rings. The molecule has 3 rings (SSSR count). The van der Waals surface area contributed by atoms with E-state index in [2.05, 4.69) is 35.6 Å². The zero-order valence-corrected chi connectivity index (χ0v) is 14.0. The van der Waals surface area contributed by atoms with E-state index < -0.39 is 6.10 Å². The summed E-state index contributed by atoms with van der Waals surface area (Å²) in [6.07, 6.45) is -0.519. The molecule has 0 fully saturated rings. The molecule has 0 bridgehead atoms. The third kappa shape index (κ3) is 3.91. The van der Waals surface area contributed by atoms with Crippen LogP contribution in [0.3, 0.4) is 0 Å². The molecule has 0 heterocycles. The molecule has 0 aliphatic carbocycles. The van der Waals surface area contributed by atoms with Gasteiger partial charge in [0.15, 0.2) is 0 Å². The molecule has 0 radical (unpaired) electrons. The van der Waals surface area contributed by atoms with Crippen LogP contribution in [0, 0.1) is 0 Å². The van der Waals surface area contributed by atoms with Crippen LogP contribution in [0.25, 0.3) is 10.8 Å². The van der Waals surface area contributed by atoms with Crippen LogP contribution in [-0.2, 0) is 0 Å². The van der Waals surface area contributed by atoms with Crippen LogP contribution in [0.1, 0.15) is 23.1 Å². The normalized spacial score (nSPS) is 13.3. The molecule has 2 nitrogen and oxygen atoms in total. The van der Waals surface area contributed by atoms with Crippen molar-refractivity contribution in [2.75, 3.05) is 13.6 Å². The van der Waals surface area contributed by atoms with Crippen molar-refractivity contribution in [3.05, 3.63) is 83.9 Å². The lowest BCUT2D eigenvalue weighted by atomic mass is 9.88.